The van der Waals surface area contributed by atoms with Crippen LogP contribution in [-0.2, 0) is 14.9 Å². The Morgan fingerprint density at radius 2 is 1.76 bits per heavy atom. The molecular formula is C26H24N2O5. The number of carbonyl (C=O) groups excluding carboxylic acids is 2. The van der Waals surface area contributed by atoms with Crippen LogP contribution in [-0.4, -0.2) is 32.1 Å². The molecule has 0 atom stereocenters. The fraction of sp³-hybridized carbons (Fsp3) is 0.231. The lowest BCUT2D eigenvalue weighted by Crippen LogP contribution is -2.44. The van der Waals surface area contributed by atoms with Gasteiger partial charge in [0.05, 0.1) is 23.8 Å². The van der Waals surface area contributed by atoms with Gasteiger partial charge in [-0.25, -0.2) is 0 Å². The first-order valence-corrected chi connectivity index (χ1v) is 10.9. The molecule has 2 aliphatic heterocycles. The van der Waals surface area contributed by atoms with E-state index in [0.717, 1.165) is 11.3 Å². The summed E-state index contributed by atoms with van der Waals surface area (Å²) in [4.78, 5) is 26.4. The molecule has 0 aromatic heterocycles. The van der Waals surface area contributed by atoms with Crippen LogP contribution in [0.1, 0.15) is 28.8 Å². The first-order valence-electron chi connectivity index (χ1n) is 10.9. The van der Waals surface area contributed by atoms with Crippen LogP contribution in [0.25, 0.3) is 0 Å². The zero-order valence-electron chi connectivity index (χ0n) is 18.2. The maximum atomic E-state index is 13.6. The molecule has 5 rings (SSSR count). The third kappa shape index (κ3) is 3.91. The second-order valence-electron chi connectivity index (χ2n) is 8.14. The molecule has 1 saturated heterocycles. The summed E-state index contributed by atoms with van der Waals surface area (Å²) in [5, 5.41) is 5.89. The molecule has 168 valence electrons. The van der Waals surface area contributed by atoms with Crippen molar-refractivity contribution in [2.24, 2.45) is 0 Å². The van der Waals surface area contributed by atoms with Crippen LogP contribution in [0.2, 0.25) is 0 Å². The van der Waals surface area contributed by atoms with Gasteiger partial charge in [-0.15, -0.1) is 0 Å². The van der Waals surface area contributed by atoms with E-state index in [9.17, 15) is 9.59 Å². The molecule has 1 fully saturated rings. The van der Waals surface area contributed by atoms with Crippen molar-refractivity contribution in [1.82, 2.24) is 0 Å². The molecule has 0 spiro atoms. The number of anilines is 2. The Balaban J connectivity index is 1.44. The van der Waals surface area contributed by atoms with Gasteiger partial charge in [-0.1, -0.05) is 24.3 Å². The summed E-state index contributed by atoms with van der Waals surface area (Å²) >= 11 is 0. The summed E-state index contributed by atoms with van der Waals surface area (Å²) in [6.45, 7) is 0.996. The molecule has 7 nitrogen and oxygen atoms in total. The second-order valence-corrected chi connectivity index (χ2v) is 8.14. The van der Waals surface area contributed by atoms with Crippen molar-refractivity contribution in [3.8, 4) is 17.2 Å². The minimum absolute atomic E-state index is 0.130. The summed E-state index contributed by atoms with van der Waals surface area (Å²) in [5.41, 5.74) is 1.67. The van der Waals surface area contributed by atoms with E-state index >= 15 is 0 Å². The summed E-state index contributed by atoms with van der Waals surface area (Å²) in [7, 11) is 1.61. The van der Waals surface area contributed by atoms with E-state index in [0.29, 0.717) is 54.5 Å². The smallest absolute Gasteiger partial charge is 0.259 e. The highest BCUT2D eigenvalue weighted by atomic mass is 16.5. The largest absolute Gasteiger partial charge is 0.497 e. The molecule has 0 radical (unpaired) electrons. The molecule has 2 N–H and O–H groups in total. The van der Waals surface area contributed by atoms with E-state index in [1.165, 1.54) is 0 Å². The number of methoxy groups -OCH3 is 1. The van der Waals surface area contributed by atoms with Crippen LogP contribution < -0.4 is 20.1 Å². The van der Waals surface area contributed by atoms with Crippen molar-refractivity contribution in [3.05, 3.63) is 77.9 Å². The van der Waals surface area contributed by atoms with Crippen molar-refractivity contribution in [2.45, 2.75) is 18.3 Å². The minimum atomic E-state index is -0.730. The first kappa shape index (κ1) is 21.0. The van der Waals surface area contributed by atoms with Crippen LogP contribution in [0.4, 0.5) is 11.4 Å². The van der Waals surface area contributed by atoms with Crippen molar-refractivity contribution < 1.29 is 23.8 Å². The van der Waals surface area contributed by atoms with Gasteiger partial charge < -0.3 is 24.8 Å². The molecule has 0 aliphatic carbocycles. The Morgan fingerprint density at radius 1 is 1.00 bits per heavy atom. The highest BCUT2D eigenvalue weighted by Gasteiger charge is 2.42. The predicted octanol–water partition coefficient (Wildman–Crippen LogP) is 4.74. The van der Waals surface area contributed by atoms with E-state index in [-0.39, 0.29) is 11.8 Å². The lowest BCUT2D eigenvalue weighted by Gasteiger charge is -2.36. The zero-order valence-corrected chi connectivity index (χ0v) is 18.2. The zero-order chi connectivity index (χ0) is 22.8. The highest BCUT2D eigenvalue weighted by Crippen LogP contribution is 2.39. The van der Waals surface area contributed by atoms with Gasteiger partial charge in [-0.3, -0.25) is 9.59 Å². The molecule has 2 amide bonds. The lowest BCUT2D eigenvalue weighted by molar-refractivity contribution is -0.125. The van der Waals surface area contributed by atoms with Gasteiger partial charge in [0.1, 0.15) is 11.5 Å². The monoisotopic (exact) mass is 444 g/mol. The molecule has 0 bridgehead atoms. The number of rotatable bonds is 4. The second kappa shape index (κ2) is 8.60. The number of carbonyl (C=O) groups is 2. The number of amides is 2. The van der Waals surface area contributed by atoms with Crippen LogP contribution in [0.3, 0.4) is 0 Å². The normalized spacial score (nSPS) is 16.3. The fourth-order valence-electron chi connectivity index (χ4n) is 4.37. The Labute approximate surface area is 191 Å². The number of hydrogen-bond donors (Lipinski definition) is 2. The summed E-state index contributed by atoms with van der Waals surface area (Å²) in [5.74, 6) is 1.32. The molecular weight excluding hydrogens is 420 g/mol. The van der Waals surface area contributed by atoms with Gasteiger partial charge in [-0.05, 0) is 60.9 Å². The number of ether oxygens (including phenoxy) is 3. The summed E-state index contributed by atoms with van der Waals surface area (Å²) in [6, 6.07) is 19.9. The van der Waals surface area contributed by atoms with E-state index < -0.39 is 5.41 Å². The van der Waals surface area contributed by atoms with E-state index in [4.69, 9.17) is 14.2 Å². The molecule has 2 aliphatic rings. The summed E-state index contributed by atoms with van der Waals surface area (Å²) < 4.78 is 16.8. The third-order valence-electron chi connectivity index (χ3n) is 6.26. The minimum Gasteiger partial charge on any atom is -0.497 e. The van der Waals surface area contributed by atoms with Crippen molar-refractivity contribution in [1.29, 1.82) is 0 Å². The molecule has 3 aromatic carbocycles. The first-order chi connectivity index (χ1) is 16.1. The quantitative estimate of drug-likeness (QED) is 0.607. The van der Waals surface area contributed by atoms with Gasteiger partial charge in [0, 0.05) is 18.9 Å². The molecule has 7 heteroatoms. The Bertz CT molecular complexity index is 1200. The Kier molecular flexibility index (Phi) is 5.48. The number of para-hydroxylation sites is 2. The van der Waals surface area contributed by atoms with Gasteiger partial charge >= 0.3 is 0 Å². The average Bonchev–Trinajstić information content (AvgIpc) is 3.00. The lowest BCUT2D eigenvalue weighted by atomic mass is 9.73. The van der Waals surface area contributed by atoms with Gasteiger partial charge in [0.15, 0.2) is 5.75 Å². The molecule has 2 heterocycles. The molecule has 0 saturated carbocycles. The van der Waals surface area contributed by atoms with Gasteiger partial charge in [0.2, 0.25) is 5.91 Å². The average molecular weight is 444 g/mol. The topological polar surface area (TPSA) is 85.9 Å². The number of nitrogens with one attached hydrogen (secondary N) is 2. The van der Waals surface area contributed by atoms with Crippen LogP contribution in [0.15, 0.2) is 66.7 Å². The maximum Gasteiger partial charge on any atom is 0.259 e. The van der Waals surface area contributed by atoms with Crippen LogP contribution in [0.5, 0.6) is 17.2 Å². The third-order valence-corrected chi connectivity index (χ3v) is 6.26. The Hall–Kier alpha value is -3.84. The van der Waals surface area contributed by atoms with Crippen LogP contribution in [0, 0.1) is 0 Å². The fourth-order valence-corrected chi connectivity index (χ4v) is 4.37. The standard InChI is InChI=1S/C26H24N2O5/c1-31-19-9-6-17(7-10-19)26(12-14-32-15-13-26)25(30)27-18-8-11-22-20(16-18)24(29)28-21-4-2-3-5-23(21)33-22/h2-11,16H,12-15H2,1H3,(H,27,30)(H,28,29). The van der Waals surface area contributed by atoms with Crippen molar-refractivity contribution >= 4 is 23.2 Å². The molecule has 0 unspecified atom stereocenters. The number of fused-ring (bicyclic) bond motifs is 2. The van der Waals surface area contributed by atoms with E-state index in [2.05, 4.69) is 10.6 Å². The summed E-state index contributed by atoms with van der Waals surface area (Å²) in [6.07, 6.45) is 1.13. The highest BCUT2D eigenvalue weighted by molar-refractivity contribution is 6.09. The number of benzene rings is 3. The van der Waals surface area contributed by atoms with Crippen molar-refractivity contribution in [2.75, 3.05) is 31.0 Å². The molecule has 33 heavy (non-hydrogen) atoms. The van der Waals surface area contributed by atoms with Gasteiger partial charge in [-0.2, -0.15) is 0 Å². The van der Waals surface area contributed by atoms with E-state index in [1.54, 1.807) is 37.4 Å². The molecule has 3 aromatic rings. The Morgan fingerprint density at radius 3 is 2.52 bits per heavy atom. The van der Waals surface area contributed by atoms with Crippen LogP contribution >= 0.6 is 0 Å². The number of hydrogen-bond acceptors (Lipinski definition) is 5. The maximum absolute atomic E-state index is 13.6. The van der Waals surface area contributed by atoms with E-state index in [1.807, 2.05) is 36.4 Å². The van der Waals surface area contributed by atoms with Gasteiger partial charge in [0.25, 0.3) is 5.91 Å². The van der Waals surface area contributed by atoms with Crippen molar-refractivity contribution in [3.63, 3.8) is 0 Å². The SMILES string of the molecule is COc1ccc(C2(C(=O)Nc3ccc4c(c3)C(=O)Nc3ccccc3O4)CCOCC2)cc1. The predicted molar refractivity (Wildman–Crippen MR) is 124 cm³/mol.